The molecule has 0 rings (SSSR count). The van der Waals surface area contributed by atoms with Crippen molar-refractivity contribution in [3.63, 3.8) is 0 Å². The zero-order valence-corrected chi connectivity index (χ0v) is 9.42. The van der Waals surface area contributed by atoms with Gasteiger partial charge in [-0.15, -0.1) is 0 Å². The van der Waals surface area contributed by atoms with Gasteiger partial charge in [-0.1, -0.05) is 20.8 Å². The minimum Gasteiger partial charge on any atom is -0.396 e. The Balaban J connectivity index is 3.65. The van der Waals surface area contributed by atoms with Crippen molar-refractivity contribution in [2.45, 2.75) is 46.1 Å². The lowest BCUT2D eigenvalue weighted by atomic mass is 9.93. The summed E-state index contributed by atoms with van der Waals surface area (Å²) in [7, 11) is 1.72. The first-order valence-corrected chi connectivity index (χ1v) is 5.23. The summed E-state index contributed by atoms with van der Waals surface area (Å²) in [5.41, 5.74) is 0. The lowest BCUT2D eigenvalue weighted by molar-refractivity contribution is 0.0576. The molecule has 2 heteroatoms. The molecule has 0 aromatic heterocycles. The van der Waals surface area contributed by atoms with Gasteiger partial charge in [-0.2, -0.15) is 0 Å². The van der Waals surface area contributed by atoms with Crippen LogP contribution in [0, 0.1) is 11.8 Å². The van der Waals surface area contributed by atoms with Crippen molar-refractivity contribution >= 4 is 0 Å². The second-order valence-corrected chi connectivity index (χ2v) is 4.34. The van der Waals surface area contributed by atoms with Crippen molar-refractivity contribution in [3.8, 4) is 0 Å². The van der Waals surface area contributed by atoms with E-state index in [9.17, 15) is 0 Å². The Labute approximate surface area is 82.3 Å². The van der Waals surface area contributed by atoms with Gasteiger partial charge in [-0.05, 0) is 31.1 Å². The molecule has 0 aromatic rings. The van der Waals surface area contributed by atoms with Gasteiger partial charge >= 0.3 is 0 Å². The Kier molecular flexibility index (Phi) is 7.29. The molecule has 0 aromatic carbocycles. The highest BCUT2D eigenvalue weighted by Gasteiger charge is 2.12. The molecule has 1 N–H and O–H groups in total. The normalized spacial score (nSPS) is 16.2. The summed E-state index contributed by atoms with van der Waals surface area (Å²) < 4.78 is 5.28. The third kappa shape index (κ3) is 7.03. The van der Waals surface area contributed by atoms with Crippen LogP contribution in [0.3, 0.4) is 0 Å². The van der Waals surface area contributed by atoms with Crippen molar-refractivity contribution in [2.75, 3.05) is 13.7 Å². The highest BCUT2D eigenvalue weighted by atomic mass is 16.5. The Hall–Kier alpha value is -0.0800. The van der Waals surface area contributed by atoms with E-state index in [2.05, 4.69) is 20.8 Å². The largest absolute Gasteiger partial charge is 0.396 e. The summed E-state index contributed by atoms with van der Waals surface area (Å²) in [5.74, 6) is 1.44. The molecule has 80 valence electrons. The third-order valence-corrected chi connectivity index (χ3v) is 2.32. The van der Waals surface area contributed by atoms with Gasteiger partial charge in [0.05, 0.1) is 6.10 Å². The fourth-order valence-electron chi connectivity index (χ4n) is 1.83. The van der Waals surface area contributed by atoms with Crippen LogP contribution in [0.1, 0.15) is 40.0 Å². The highest BCUT2D eigenvalue weighted by Crippen LogP contribution is 2.18. The average Bonchev–Trinajstić information content (AvgIpc) is 2.02. The first kappa shape index (κ1) is 12.9. The molecule has 13 heavy (non-hydrogen) atoms. The zero-order valence-electron chi connectivity index (χ0n) is 9.42. The number of ether oxygens (including phenoxy) is 1. The number of methoxy groups -OCH3 is 1. The molecule has 0 saturated heterocycles. The molecule has 0 saturated carbocycles. The molecule has 0 aliphatic heterocycles. The summed E-state index contributed by atoms with van der Waals surface area (Å²) in [6, 6.07) is 0. The quantitative estimate of drug-likeness (QED) is 0.665. The van der Waals surface area contributed by atoms with Gasteiger partial charge in [0.1, 0.15) is 0 Å². The topological polar surface area (TPSA) is 29.5 Å². The van der Waals surface area contributed by atoms with E-state index in [1.807, 2.05) is 0 Å². The molecular formula is C11H24O2. The van der Waals surface area contributed by atoms with Gasteiger partial charge in [-0.3, -0.25) is 0 Å². The number of hydrogen-bond acceptors (Lipinski definition) is 2. The van der Waals surface area contributed by atoms with E-state index < -0.39 is 0 Å². The molecule has 2 unspecified atom stereocenters. The fraction of sp³-hybridized carbons (Fsp3) is 1.00. The fourth-order valence-corrected chi connectivity index (χ4v) is 1.83. The van der Waals surface area contributed by atoms with Gasteiger partial charge in [-0.25, -0.2) is 0 Å². The van der Waals surface area contributed by atoms with Crippen LogP contribution in [0.4, 0.5) is 0 Å². The zero-order chi connectivity index (χ0) is 10.3. The van der Waals surface area contributed by atoms with Crippen LogP contribution in [0.25, 0.3) is 0 Å². The predicted octanol–water partition coefficient (Wildman–Crippen LogP) is 2.46. The molecular weight excluding hydrogens is 164 g/mol. The molecule has 2 nitrogen and oxygen atoms in total. The van der Waals surface area contributed by atoms with E-state index in [-0.39, 0.29) is 12.7 Å². The van der Waals surface area contributed by atoms with Gasteiger partial charge < -0.3 is 9.84 Å². The maximum atomic E-state index is 8.78. The predicted molar refractivity (Wildman–Crippen MR) is 55.7 cm³/mol. The second kappa shape index (κ2) is 7.34. The minimum absolute atomic E-state index is 0.229. The van der Waals surface area contributed by atoms with Crippen LogP contribution < -0.4 is 0 Å². The van der Waals surface area contributed by atoms with E-state index in [4.69, 9.17) is 9.84 Å². The molecule has 0 fully saturated rings. The molecule has 2 atom stereocenters. The molecule has 0 aliphatic carbocycles. The minimum atomic E-state index is 0.229. The number of hydrogen-bond donors (Lipinski definition) is 1. The summed E-state index contributed by atoms with van der Waals surface area (Å²) >= 11 is 0. The van der Waals surface area contributed by atoms with Crippen molar-refractivity contribution in [2.24, 2.45) is 11.8 Å². The van der Waals surface area contributed by atoms with Crippen LogP contribution in [0.5, 0.6) is 0 Å². The molecule has 0 radical (unpaired) electrons. The lowest BCUT2D eigenvalue weighted by Crippen LogP contribution is -2.17. The van der Waals surface area contributed by atoms with Crippen molar-refractivity contribution < 1.29 is 9.84 Å². The van der Waals surface area contributed by atoms with Crippen molar-refractivity contribution in [3.05, 3.63) is 0 Å². The van der Waals surface area contributed by atoms with Gasteiger partial charge in [0, 0.05) is 13.7 Å². The van der Waals surface area contributed by atoms with E-state index in [0.717, 1.165) is 18.8 Å². The average molecular weight is 188 g/mol. The second-order valence-electron chi connectivity index (χ2n) is 4.34. The van der Waals surface area contributed by atoms with E-state index in [0.29, 0.717) is 5.92 Å². The van der Waals surface area contributed by atoms with Crippen LogP contribution >= 0.6 is 0 Å². The maximum Gasteiger partial charge on any atom is 0.0595 e. The molecule has 0 amide bonds. The maximum absolute atomic E-state index is 8.78. The first-order chi connectivity index (χ1) is 6.10. The molecule has 0 heterocycles. The Morgan fingerprint density at radius 3 is 2.15 bits per heavy atom. The third-order valence-electron chi connectivity index (χ3n) is 2.32. The Bertz CT molecular complexity index is 113. The van der Waals surface area contributed by atoms with Crippen molar-refractivity contribution in [1.29, 1.82) is 0 Å². The first-order valence-electron chi connectivity index (χ1n) is 5.23. The molecule has 0 spiro atoms. The summed E-state index contributed by atoms with van der Waals surface area (Å²) in [4.78, 5) is 0. The van der Waals surface area contributed by atoms with Crippen molar-refractivity contribution in [1.82, 2.24) is 0 Å². The summed E-state index contributed by atoms with van der Waals surface area (Å²) in [5, 5.41) is 8.78. The lowest BCUT2D eigenvalue weighted by Gasteiger charge is -2.20. The standard InChI is InChI=1S/C11H24O2/c1-9(2)7-10(3)8-11(13-4)5-6-12/h9-12H,5-8H2,1-4H3. The van der Waals surface area contributed by atoms with Crippen LogP contribution in [0.15, 0.2) is 0 Å². The van der Waals surface area contributed by atoms with Crippen LogP contribution in [0.2, 0.25) is 0 Å². The van der Waals surface area contributed by atoms with Gasteiger partial charge in [0.2, 0.25) is 0 Å². The Morgan fingerprint density at radius 2 is 1.77 bits per heavy atom. The Morgan fingerprint density at radius 1 is 1.15 bits per heavy atom. The van der Waals surface area contributed by atoms with Crippen LogP contribution in [-0.4, -0.2) is 24.9 Å². The summed E-state index contributed by atoms with van der Waals surface area (Å²) in [6.45, 7) is 6.96. The van der Waals surface area contributed by atoms with E-state index in [1.165, 1.54) is 6.42 Å². The van der Waals surface area contributed by atoms with E-state index >= 15 is 0 Å². The van der Waals surface area contributed by atoms with E-state index in [1.54, 1.807) is 7.11 Å². The number of rotatable bonds is 7. The van der Waals surface area contributed by atoms with Gasteiger partial charge in [0.15, 0.2) is 0 Å². The monoisotopic (exact) mass is 188 g/mol. The summed E-state index contributed by atoms with van der Waals surface area (Å²) in [6.07, 6.45) is 3.30. The molecule has 0 bridgehead atoms. The smallest absolute Gasteiger partial charge is 0.0595 e. The molecule has 0 aliphatic rings. The van der Waals surface area contributed by atoms with Gasteiger partial charge in [0.25, 0.3) is 0 Å². The number of aliphatic hydroxyl groups excluding tert-OH is 1. The highest BCUT2D eigenvalue weighted by molar-refractivity contribution is 4.64. The number of aliphatic hydroxyl groups is 1. The van der Waals surface area contributed by atoms with Crippen LogP contribution in [-0.2, 0) is 4.74 Å². The SMILES string of the molecule is COC(CCO)CC(C)CC(C)C.